The molecular weight excluding hydrogens is 273 g/mol. The highest BCUT2D eigenvalue weighted by atomic mass is 35.5. The molecule has 1 aromatic heterocycles. The summed E-state index contributed by atoms with van der Waals surface area (Å²) in [5, 5.41) is 10.6. The largest absolute Gasteiger partial charge is 0.481 e. The number of hydrogen-bond acceptors (Lipinski definition) is 2. The van der Waals surface area contributed by atoms with Crippen LogP contribution >= 0.6 is 23.2 Å². The third kappa shape index (κ3) is 2.74. The first kappa shape index (κ1) is 13.1. The van der Waals surface area contributed by atoms with Gasteiger partial charge in [-0.2, -0.15) is 0 Å². The highest BCUT2D eigenvalue weighted by molar-refractivity contribution is 6.38. The standard InChI is InChI=1S/C13H11Cl2NO2/c1-7-4-9(2-3-12(17)18)16-11-6-8(14)5-10(15)13(7)11/h4-6H,2-3H2,1H3,(H,17,18). The molecule has 0 aliphatic rings. The highest BCUT2D eigenvalue weighted by Crippen LogP contribution is 2.29. The van der Waals surface area contributed by atoms with Crippen LogP contribution in [0.1, 0.15) is 17.7 Å². The van der Waals surface area contributed by atoms with Gasteiger partial charge in [-0.3, -0.25) is 9.78 Å². The van der Waals surface area contributed by atoms with Gasteiger partial charge in [0.15, 0.2) is 0 Å². The minimum Gasteiger partial charge on any atom is -0.481 e. The van der Waals surface area contributed by atoms with Gasteiger partial charge in [0.2, 0.25) is 0 Å². The zero-order valence-corrected chi connectivity index (χ0v) is 11.2. The summed E-state index contributed by atoms with van der Waals surface area (Å²) in [6, 6.07) is 5.28. The van der Waals surface area contributed by atoms with Crippen molar-refractivity contribution in [3.63, 3.8) is 0 Å². The van der Waals surface area contributed by atoms with Crippen LogP contribution in [-0.2, 0) is 11.2 Å². The van der Waals surface area contributed by atoms with Crippen molar-refractivity contribution in [2.24, 2.45) is 0 Å². The SMILES string of the molecule is Cc1cc(CCC(=O)O)nc2cc(Cl)cc(Cl)c12. The Labute approximate surface area is 114 Å². The van der Waals surface area contributed by atoms with Crippen LogP contribution in [0.2, 0.25) is 10.0 Å². The maximum absolute atomic E-state index is 10.6. The third-order valence-electron chi connectivity index (χ3n) is 2.67. The number of carboxylic acids is 1. The average Bonchev–Trinajstić information content (AvgIpc) is 2.24. The van der Waals surface area contributed by atoms with Crippen molar-refractivity contribution in [3.8, 4) is 0 Å². The normalized spacial score (nSPS) is 10.8. The van der Waals surface area contributed by atoms with Crippen LogP contribution in [0.25, 0.3) is 10.9 Å². The molecule has 2 rings (SSSR count). The lowest BCUT2D eigenvalue weighted by atomic mass is 10.1. The predicted molar refractivity (Wildman–Crippen MR) is 72.5 cm³/mol. The molecule has 1 N–H and O–H groups in total. The van der Waals surface area contributed by atoms with Gasteiger partial charge < -0.3 is 5.11 Å². The molecule has 0 unspecified atom stereocenters. The molecule has 0 saturated carbocycles. The zero-order valence-electron chi connectivity index (χ0n) is 9.70. The molecule has 2 aromatic rings. The summed E-state index contributed by atoms with van der Waals surface area (Å²) in [6.45, 7) is 1.92. The maximum Gasteiger partial charge on any atom is 0.303 e. The number of rotatable bonds is 3. The average molecular weight is 284 g/mol. The van der Waals surface area contributed by atoms with Crippen molar-refractivity contribution in [3.05, 3.63) is 39.5 Å². The lowest BCUT2D eigenvalue weighted by Crippen LogP contribution is -2.00. The summed E-state index contributed by atoms with van der Waals surface area (Å²) in [4.78, 5) is 15.0. The highest BCUT2D eigenvalue weighted by Gasteiger charge is 2.09. The fourth-order valence-electron chi connectivity index (χ4n) is 1.91. The molecule has 0 amide bonds. The van der Waals surface area contributed by atoms with E-state index in [1.807, 2.05) is 13.0 Å². The molecule has 18 heavy (non-hydrogen) atoms. The van der Waals surface area contributed by atoms with E-state index in [0.29, 0.717) is 22.0 Å². The number of carbonyl (C=O) groups is 1. The second-order valence-electron chi connectivity index (χ2n) is 4.11. The molecule has 0 atom stereocenters. The Bertz CT molecular complexity index is 626. The van der Waals surface area contributed by atoms with Crippen molar-refractivity contribution < 1.29 is 9.90 Å². The van der Waals surface area contributed by atoms with E-state index in [1.165, 1.54) is 0 Å². The predicted octanol–water partition coefficient (Wildman–Crippen LogP) is 3.87. The van der Waals surface area contributed by atoms with E-state index in [9.17, 15) is 4.79 Å². The minimum absolute atomic E-state index is 0.0618. The first-order valence-corrected chi connectivity index (χ1v) is 6.20. The van der Waals surface area contributed by atoms with Crippen LogP contribution < -0.4 is 0 Å². The number of nitrogens with zero attached hydrogens (tertiary/aromatic N) is 1. The van der Waals surface area contributed by atoms with E-state index in [0.717, 1.165) is 16.6 Å². The molecule has 5 heteroatoms. The first-order chi connectivity index (χ1) is 8.47. The molecule has 94 valence electrons. The summed E-state index contributed by atoms with van der Waals surface area (Å²) in [5.74, 6) is -0.835. The van der Waals surface area contributed by atoms with E-state index >= 15 is 0 Å². The van der Waals surface area contributed by atoms with Crippen molar-refractivity contribution >= 4 is 40.1 Å². The van der Waals surface area contributed by atoms with Crippen LogP contribution in [-0.4, -0.2) is 16.1 Å². The number of halogens is 2. The lowest BCUT2D eigenvalue weighted by Gasteiger charge is -2.08. The summed E-state index contributed by atoms with van der Waals surface area (Å²) in [6.07, 6.45) is 0.461. The fourth-order valence-corrected chi connectivity index (χ4v) is 2.54. The number of aromatic nitrogens is 1. The topological polar surface area (TPSA) is 50.2 Å². The fraction of sp³-hybridized carbons (Fsp3) is 0.231. The van der Waals surface area contributed by atoms with E-state index in [4.69, 9.17) is 28.3 Å². The van der Waals surface area contributed by atoms with Gasteiger partial charge in [0.1, 0.15) is 0 Å². The molecule has 1 aromatic carbocycles. The molecular formula is C13H11Cl2NO2. The van der Waals surface area contributed by atoms with E-state index in [-0.39, 0.29) is 6.42 Å². The van der Waals surface area contributed by atoms with Gasteiger partial charge in [0, 0.05) is 22.5 Å². The molecule has 0 spiro atoms. The lowest BCUT2D eigenvalue weighted by molar-refractivity contribution is -0.136. The molecule has 0 radical (unpaired) electrons. The molecule has 1 heterocycles. The molecule has 3 nitrogen and oxygen atoms in total. The van der Waals surface area contributed by atoms with Crippen molar-refractivity contribution in [2.75, 3.05) is 0 Å². The number of pyridine rings is 1. The molecule has 0 fully saturated rings. The second-order valence-corrected chi connectivity index (χ2v) is 4.95. The Hall–Kier alpha value is -1.32. The van der Waals surface area contributed by atoms with Gasteiger partial charge in [0.25, 0.3) is 0 Å². The molecule has 0 bridgehead atoms. The zero-order chi connectivity index (χ0) is 13.3. The number of carboxylic acid groups (broad SMARTS) is 1. The van der Waals surface area contributed by atoms with Crippen LogP contribution in [0.15, 0.2) is 18.2 Å². The maximum atomic E-state index is 10.6. The Morgan fingerprint density at radius 2 is 2.06 bits per heavy atom. The monoisotopic (exact) mass is 283 g/mol. The van der Waals surface area contributed by atoms with Gasteiger partial charge in [-0.05, 0) is 30.7 Å². The van der Waals surface area contributed by atoms with Crippen molar-refractivity contribution in [1.29, 1.82) is 0 Å². The van der Waals surface area contributed by atoms with Gasteiger partial charge in [-0.25, -0.2) is 0 Å². The Kier molecular flexibility index (Phi) is 3.73. The summed E-state index contributed by atoms with van der Waals surface area (Å²) in [7, 11) is 0. The van der Waals surface area contributed by atoms with Gasteiger partial charge in [-0.1, -0.05) is 23.2 Å². The Balaban J connectivity index is 2.51. The summed E-state index contributed by atoms with van der Waals surface area (Å²) >= 11 is 12.1. The van der Waals surface area contributed by atoms with Gasteiger partial charge in [0.05, 0.1) is 17.0 Å². The van der Waals surface area contributed by atoms with Crippen molar-refractivity contribution in [2.45, 2.75) is 19.8 Å². The summed E-state index contributed by atoms with van der Waals surface area (Å²) < 4.78 is 0. The van der Waals surface area contributed by atoms with Gasteiger partial charge >= 0.3 is 5.97 Å². The van der Waals surface area contributed by atoms with Crippen LogP contribution in [0, 0.1) is 6.92 Å². The smallest absolute Gasteiger partial charge is 0.303 e. The number of aryl methyl sites for hydroxylation is 2. The quantitative estimate of drug-likeness (QED) is 0.930. The van der Waals surface area contributed by atoms with E-state index in [1.54, 1.807) is 12.1 Å². The van der Waals surface area contributed by atoms with Crippen LogP contribution in [0.5, 0.6) is 0 Å². The number of fused-ring (bicyclic) bond motifs is 1. The Morgan fingerprint density at radius 1 is 1.33 bits per heavy atom. The minimum atomic E-state index is -0.835. The van der Waals surface area contributed by atoms with E-state index in [2.05, 4.69) is 4.98 Å². The number of hydrogen-bond donors (Lipinski definition) is 1. The second kappa shape index (κ2) is 5.12. The van der Waals surface area contributed by atoms with Crippen LogP contribution in [0.3, 0.4) is 0 Å². The van der Waals surface area contributed by atoms with Gasteiger partial charge in [-0.15, -0.1) is 0 Å². The molecule has 0 saturated heterocycles. The summed E-state index contributed by atoms with van der Waals surface area (Å²) in [5.41, 5.74) is 2.41. The van der Waals surface area contributed by atoms with Crippen molar-refractivity contribution in [1.82, 2.24) is 4.98 Å². The molecule has 0 aliphatic carbocycles. The Morgan fingerprint density at radius 3 is 2.72 bits per heavy atom. The van der Waals surface area contributed by atoms with E-state index < -0.39 is 5.97 Å². The number of benzene rings is 1. The molecule has 0 aliphatic heterocycles. The van der Waals surface area contributed by atoms with Crippen LogP contribution in [0.4, 0.5) is 0 Å². The number of aliphatic carboxylic acids is 1. The third-order valence-corrected chi connectivity index (χ3v) is 3.19. The first-order valence-electron chi connectivity index (χ1n) is 5.44.